The van der Waals surface area contributed by atoms with Crippen LogP contribution in [0.4, 0.5) is 5.69 Å². The van der Waals surface area contributed by atoms with Gasteiger partial charge in [0.2, 0.25) is 0 Å². The molecule has 1 aliphatic rings. The van der Waals surface area contributed by atoms with Gasteiger partial charge in [-0.05, 0) is 31.2 Å². The van der Waals surface area contributed by atoms with Crippen molar-refractivity contribution in [2.24, 2.45) is 0 Å². The summed E-state index contributed by atoms with van der Waals surface area (Å²) < 4.78 is 32.2. The number of ketones is 2. The minimum atomic E-state index is -4.22. The maximum atomic E-state index is 13.5. The van der Waals surface area contributed by atoms with E-state index in [1.165, 1.54) is 18.2 Å². The Balaban J connectivity index is 1.76. The number of quaternary nitrogens is 1. The zero-order valence-electron chi connectivity index (χ0n) is 20.3. The Hall–Kier alpha value is -3.49. The van der Waals surface area contributed by atoms with Crippen LogP contribution in [0.2, 0.25) is 0 Å². The van der Waals surface area contributed by atoms with Gasteiger partial charge in [0.05, 0.1) is 38.8 Å². The summed E-state index contributed by atoms with van der Waals surface area (Å²) in [5.74, 6) is -0.952. The molecule has 182 valence electrons. The largest absolute Gasteiger partial charge is 0.384 e. The molecular weight excluding hydrogens is 464 g/mol. The van der Waals surface area contributed by atoms with Gasteiger partial charge in [0.15, 0.2) is 17.3 Å². The van der Waals surface area contributed by atoms with Crippen LogP contribution in [-0.4, -0.2) is 58.7 Å². The van der Waals surface area contributed by atoms with Gasteiger partial charge in [-0.2, -0.15) is 8.42 Å². The van der Waals surface area contributed by atoms with Crippen molar-refractivity contribution in [2.75, 3.05) is 39.5 Å². The zero-order valence-corrected chi connectivity index (χ0v) is 21.1. The minimum Gasteiger partial charge on any atom is -0.384 e. The highest BCUT2D eigenvalue weighted by Crippen LogP contribution is 2.38. The van der Waals surface area contributed by atoms with Crippen molar-refractivity contribution in [1.82, 2.24) is 0 Å². The Kier molecular flexibility index (Phi) is 6.53. The molecule has 0 aliphatic heterocycles. The summed E-state index contributed by atoms with van der Waals surface area (Å²) in [6.45, 7) is 3.36. The molecule has 3 aromatic carbocycles. The van der Waals surface area contributed by atoms with Gasteiger partial charge in [-0.15, -0.1) is 0 Å². The minimum absolute atomic E-state index is 0.0330. The summed E-state index contributed by atoms with van der Waals surface area (Å²) in [5.41, 5.74) is 1.99. The molecule has 4 rings (SSSR count). The standard InChI is InChI=1S/C27H28N2O5S/c1-18-10-12-19(13-11-18)35(32,33)34-23-15-14-22(28-16-7-17-29(2,3)4)24-25(23)27(31)21-9-6-5-8-20(21)26(24)30/h5-6,8-15H,7,16-17H2,1-4H3/p+1. The van der Waals surface area contributed by atoms with Crippen molar-refractivity contribution in [3.8, 4) is 5.75 Å². The normalized spacial score (nSPS) is 13.3. The number of carbonyl (C=O) groups is 2. The zero-order chi connectivity index (χ0) is 25.4. The van der Waals surface area contributed by atoms with Gasteiger partial charge in [0.1, 0.15) is 4.90 Å². The fourth-order valence-electron chi connectivity index (χ4n) is 4.06. The van der Waals surface area contributed by atoms with E-state index in [1.54, 1.807) is 42.5 Å². The average molecular weight is 494 g/mol. The Morgan fingerprint density at radius 1 is 0.829 bits per heavy atom. The maximum Gasteiger partial charge on any atom is 0.339 e. The first-order valence-corrected chi connectivity index (χ1v) is 12.8. The lowest BCUT2D eigenvalue weighted by molar-refractivity contribution is -0.870. The number of fused-ring (bicyclic) bond motifs is 2. The number of nitrogens with zero attached hydrogens (tertiary/aromatic N) is 1. The first kappa shape index (κ1) is 24.6. The van der Waals surface area contributed by atoms with Crippen LogP contribution in [0, 0.1) is 6.92 Å². The lowest BCUT2D eigenvalue weighted by Crippen LogP contribution is -2.36. The van der Waals surface area contributed by atoms with Crippen LogP contribution >= 0.6 is 0 Å². The quantitative estimate of drug-likeness (QED) is 0.226. The fraction of sp³-hybridized carbons (Fsp3) is 0.259. The molecule has 0 bridgehead atoms. The molecule has 1 N–H and O–H groups in total. The molecule has 0 amide bonds. The second-order valence-electron chi connectivity index (χ2n) is 9.71. The van der Waals surface area contributed by atoms with E-state index in [2.05, 4.69) is 26.5 Å². The first-order chi connectivity index (χ1) is 16.5. The average Bonchev–Trinajstić information content (AvgIpc) is 2.80. The van der Waals surface area contributed by atoms with E-state index >= 15 is 0 Å². The van der Waals surface area contributed by atoms with Crippen LogP contribution in [0.25, 0.3) is 0 Å². The van der Waals surface area contributed by atoms with Gasteiger partial charge in [-0.3, -0.25) is 9.59 Å². The van der Waals surface area contributed by atoms with Crippen molar-refractivity contribution in [1.29, 1.82) is 0 Å². The summed E-state index contributed by atoms with van der Waals surface area (Å²) in [5, 5.41) is 3.27. The summed E-state index contributed by atoms with van der Waals surface area (Å²) >= 11 is 0. The lowest BCUT2D eigenvalue weighted by Gasteiger charge is -2.25. The van der Waals surface area contributed by atoms with E-state index < -0.39 is 15.9 Å². The summed E-state index contributed by atoms with van der Waals surface area (Å²) in [4.78, 5) is 27.0. The van der Waals surface area contributed by atoms with Gasteiger partial charge >= 0.3 is 10.1 Å². The number of aryl methyl sites for hydroxylation is 1. The monoisotopic (exact) mass is 493 g/mol. The number of hydrogen-bond acceptors (Lipinski definition) is 6. The second-order valence-corrected chi connectivity index (χ2v) is 11.3. The molecule has 0 heterocycles. The van der Waals surface area contributed by atoms with Crippen molar-refractivity contribution in [3.63, 3.8) is 0 Å². The molecule has 0 aromatic heterocycles. The van der Waals surface area contributed by atoms with E-state index in [0.29, 0.717) is 12.2 Å². The third-order valence-electron chi connectivity index (χ3n) is 5.87. The molecule has 0 unspecified atom stereocenters. The molecule has 0 fully saturated rings. The number of nitrogens with one attached hydrogen (secondary N) is 1. The Morgan fingerprint density at radius 2 is 1.43 bits per heavy atom. The molecule has 0 saturated carbocycles. The number of rotatable bonds is 8. The molecule has 0 atom stereocenters. The van der Waals surface area contributed by atoms with Crippen molar-refractivity contribution >= 4 is 27.4 Å². The van der Waals surface area contributed by atoms with E-state index in [1.807, 2.05) is 6.92 Å². The van der Waals surface area contributed by atoms with Gasteiger partial charge < -0.3 is 14.0 Å². The predicted molar refractivity (Wildman–Crippen MR) is 135 cm³/mol. The van der Waals surface area contributed by atoms with Crippen LogP contribution in [0.1, 0.15) is 43.8 Å². The SMILES string of the molecule is Cc1ccc(S(=O)(=O)Oc2ccc(NCCC[N+](C)(C)C)c3c2C(=O)c2ccccc2C3=O)cc1. The summed E-state index contributed by atoms with van der Waals surface area (Å²) in [6, 6.07) is 15.8. The van der Waals surface area contributed by atoms with E-state index in [0.717, 1.165) is 23.0 Å². The number of anilines is 1. The van der Waals surface area contributed by atoms with Crippen molar-refractivity contribution < 1.29 is 26.7 Å². The van der Waals surface area contributed by atoms with Crippen molar-refractivity contribution in [2.45, 2.75) is 18.2 Å². The number of carbonyl (C=O) groups excluding carboxylic acids is 2. The summed E-state index contributed by atoms with van der Waals surface area (Å²) in [7, 11) is 2.08. The lowest BCUT2D eigenvalue weighted by atomic mass is 9.82. The highest BCUT2D eigenvalue weighted by atomic mass is 32.2. The highest BCUT2D eigenvalue weighted by molar-refractivity contribution is 7.87. The Bertz CT molecular complexity index is 1400. The molecule has 0 radical (unpaired) electrons. The van der Waals surface area contributed by atoms with Crippen LogP contribution in [0.5, 0.6) is 5.75 Å². The van der Waals surface area contributed by atoms with Crippen LogP contribution in [0.15, 0.2) is 65.6 Å². The number of benzene rings is 3. The Labute approximate surface area is 206 Å². The van der Waals surface area contributed by atoms with Gasteiger partial charge in [0, 0.05) is 29.8 Å². The smallest absolute Gasteiger partial charge is 0.339 e. The van der Waals surface area contributed by atoms with Gasteiger partial charge in [0.25, 0.3) is 0 Å². The maximum absolute atomic E-state index is 13.5. The van der Waals surface area contributed by atoms with Crippen molar-refractivity contribution in [3.05, 3.63) is 88.5 Å². The molecule has 35 heavy (non-hydrogen) atoms. The molecule has 7 nitrogen and oxygen atoms in total. The van der Waals surface area contributed by atoms with Crippen LogP contribution in [0.3, 0.4) is 0 Å². The van der Waals surface area contributed by atoms with E-state index in [-0.39, 0.29) is 38.7 Å². The van der Waals surface area contributed by atoms with E-state index in [4.69, 9.17) is 4.18 Å². The molecular formula is C27H29N2O5S+. The molecule has 3 aromatic rings. The second kappa shape index (κ2) is 9.28. The first-order valence-electron chi connectivity index (χ1n) is 11.4. The number of hydrogen-bond donors (Lipinski definition) is 1. The predicted octanol–water partition coefficient (Wildman–Crippen LogP) is 4.05. The highest BCUT2D eigenvalue weighted by Gasteiger charge is 2.35. The van der Waals surface area contributed by atoms with Crippen LogP contribution in [-0.2, 0) is 10.1 Å². The van der Waals surface area contributed by atoms with Gasteiger partial charge in [-0.25, -0.2) is 0 Å². The molecule has 0 spiro atoms. The summed E-state index contributed by atoms with van der Waals surface area (Å²) in [6.07, 6.45) is 0.844. The molecule has 1 aliphatic carbocycles. The Morgan fingerprint density at radius 3 is 2.03 bits per heavy atom. The fourth-order valence-corrected chi connectivity index (χ4v) is 5.00. The third-order valence-corrected chi connectivity index (χ3v) is 7.12. The topological polar surface area (TPSA) is 89.5 Å². The van der Waals surface area contributed by atoms with Gasteiger partial charge in [-0.1, -0.05) is 42.0 Å². The molecule has 8 heteroatoms. The third kappa shape index (κ3) is 5.13. The van der Waals surface area contributed by atoms with E-state index in [9.17, 15) is 18.0 Å². The molecule has 0 saturated heterocycles. The van der Waals surface area contributed by atoms with Crippen LogP contribution < -0.4 is 9.50 Å².